The molecule has 0 heterocycles. The van der Waals surface area contributed by atoms with Crippen LogP contribution < -0.4 is 10.5 Å². The average Bonchev–Trinajstić information content (AvgIpc) is 2.53. The Morgan fingerprint density at radius 1 is 1.22 bits per heavy atom. The van der Waals surface area contributed by atoms with Crippen molar-refractivity contribution in [3.63, 3.8) is 0 Å². The fraction of sp³-hybridized carbons (Fsp3) is 0.200. The fourth-order valence-corrected chi connectivity index (χ4v) is 3.25. The number of benzene rings is 2. The molecule has 0 amide bonds. The van der Waals surface area contributed by atoms with Gasteiger partial charge >= 0.3 is 0 Å². The first-order valence-corrected chi connectivity index (χ1v) is 8.35. The minimum Gasteiger partial charge on any atom is -0.323 e. The first-order chi connectivity index (χ1) is 10.8. The topological polar surface area (TPSA) is 115 Å². The maximum atomic E-state index is 12.3. The first kappa shape index (κ1) is 17.1. The quantitative estimate of drug-likeness (QED) is 0.618. The third-order valence-corrected chi connectivity index (χ3v) is 4.82. The number of nitrogens with zero attached hydrogens (tertiary/aromatic N) is 1. The van der Waals surface area contributed by atoms with E-state index in [1.54, 1.807) is 0 Å². The van der Waals surface area contributed by atoms with Crippen LogP contribution in [0.4, 0.5) is 5.69 Å². The molecule has 0 spiro atoms. The average molecular weight is 335 g/mol. The molecule has 2 aromatic carbocycles. The van der Waals surface area contributed by atoms with E-state index in [4.69, 9.17) is 5.73 Å². The Labute approximate surface area is 134 Å². The minimum absolute atomic E-state index is 0.0270. The third kappa shape index (κ3) is 4.13. The van der Waals surface area contributed by atoms with Crippen molar-refractivity contribution in [2.24, 2.45) is 5.73 Å². The van der Waals surface area contributed by atoms with E-state index in [9.17, 15) is 18.5 Å². The van der Waals surface area contributed by atoms with Gasteiger partial charge in [0.05, 0.1) is 9.82 Å². The van der Waals surface area contributed by atoms with Gasteiger partial charge < -0.3 is 5.73 Å². The predicted octanol–water partition coefficient (Wildman–Crippen LogP) is 1.88. The molecule has 0 saturated heterocycles. The molecule has 0 aliphatic heterocycles. The number of nitrogens with one attached hydrogen (secondary N) is 1. The van der Waals surface area contributed by atoms with Gasteiger partial charge in [-0.3, -0.25) is 10.1 Å². The highest BCUT2D eigenvalue weighted by molar-refractivity contribution is 7.89. The summed E-state index contributed by atoms with van der Waals surface area (Å²) < 4.78 is 27.0. The number of nitrogens with two attached hydrogens (primary N) is 1. The monoisotopic (exact) mass is 335 g/mol. The summed E-state index contributed by atoms with van der Waals surface area (Å²) >= 11 is 0. The summed E-state index contributed by atoms with van der Waals surface area (Å²) in [5.41, 5.74) is 6.93. The van der Waals surface area contributed by atoms with Gasteiger partial charge in [0.15, 0.2) is 0 Å². The van der Waals surface area contributed by atoms with Crippen molar-refractivity contribution in [3.8, 4) is 0 Å². The molecule has 1 atom stereocenters. The Balaban J connectivity index is 2.13. The smallest absolute Gasteiger partial charge is 0.272 e. The zero-order valence-electron chi connectivity index (χ0n) is 12.5. The standard InChI is InChI=1S/C15H17N3O4S/c1-11-9-13(7-8-15(11)18(19)20)23(21,22)17-10-14(16)12-5-3-2-4-6-12/h2-9,14,17H,10,16H2,1H3/t14-/m1/s1. The van der Waals surface area contributed by atoms with Crippen LogP contribution >= 0.6 is 0 Å². The van der Waals surface area contributed by atoms with E-state index >= 15 is 0 Å². The molecule has 0 saturated carbocycles. The van der Waals surface area contributed by atoms with Crippen LogP contribution in [0.3, 0.4) is 0 Å². The Bertz CT molecular complexity index is 807. The van der Waals surface area contributed by atoms with E-state index in [2.05, 4.69) is 4.72 Å². The second-order valence-corrected chi connectivity index (χ2v) is 6.84. The van der Waals surface area contributed by atoms with Crippen molar-refractivity contribution in [1.82, 2.24) is 4.72 Å². The molecule has 0 aliphatic rings. The van der Waals surface area contributed by atoms with Crippen molar-refractivity contribution in [2.45, 2.75) is 17.9 Å². The van der Waals surface area contributed by atoms with E-state index in [0.29, 0.717) is 0 Å². The zero-order chi connectivity index (χ0) is 17.0. The number of hydrogen-bond donors (Lipinski definition) is 2. The van der Waals surface area contributed by atoms with E-state index < -0.39 is 21.0 Å². The summed E-state index contributed by atoms with van der Waals surface area (Å²) in [4.78, 5) is 10.2. The van der Waals surface area contributed by atoms with Gasteiger partial charge in [0.25, 0.3) is 5.69 Å². The summed E-state index contributed by atoms with van der Waals surface area (Å²) in [6.45, 7) is 1.52. The number of rotatable bonds is 6. The van der Waals surface area contributed by atoms with Crippen LogP contribution in [0.1, 0.15) is 17.2 Å². The summed E-state index contributed by atoms with van der Waals surface area (Å²) in [6, 6.07) is 12.3. The lowest BCUT2D eigenvalue weighted by atomic mass is 10.1. The lowest BCUT2D eigenvalue weighted by molar-refractivity contribution is -0.385. The normalized spacial score (nSPS) is 12.8. The Morgan fingerprint density at radius 2 is 1.87 bits per heavy atom. The van der Waals surface area contributed by atoms with Crippen molar-refractivity contribution in [2.75, 3.05) is 6.54 Å². The van der Waals surface area contributed by atoms with Gasteiger partial charge in [-0.05, 0) is 24.6 Å². The molecule has 122 valence electrons. The number of sulfonamides is 1. The van der Waals surface area contributed by atoms with Gasteiger partial charge in [0.2, 0.25) is 10.0 Å². The molecule has 0 aliphatic carbocycles. The molecular weight excluding hydrogens is 318 g/mol. The number of nitro benzene ring substituents is 1. The van der Waals surface area contributed by atoms with Crippen molar-refractivity contribution in [1.29, 1.82) is 0 Å². The molecule has 7 nitrogen and oxygen atoms in total. The van der Waals surface area contributed by atoms with E-state index in [1.807, 2.05) is 30.3 Å². The second kappa shape index (κ2) is 6.86. The number of hydrogen-bond acceptors (Lipinski definition) is 5. The molecule has 2 aromatic rings. The number of nitro groups is 1. The lowest BCUT2D eigenvalue weighted by Crippen LogP contribution is -2.32. The van der Waals surface area contributed by atoms with Crippen LogP contribution in [0.25, 0.3) is 0 Å². The second-order valence-electron chi connectivity index (χ2n) is 5.07. The van der Waals surface area contributed by atoms with Gasteiger partial charge in [-0.15, -0.1) is 0 Å². The van der Waals surface area contributed by atoms with Crippen molar-refractivity contribution in [3.05, 3.63) is 69.8 Å². The summed E-state index contributed by atoms with van der Waals surface area (Å²) in [5, 5.41) is 10.8. The number of aryl methyl sites for hydroxylation is 1. The molecule has 3 N–H and O–H groups in total. The Hall–Kier alpha value is -2.29. The maximum Gasteiger partial charge on any atom is 0.272 e. The van der Waals surface area contributed by atoms with Gasteiger partial charge in [-0.25, -0.2) is 13.1 Å². The van der Waals surface area contributed by atoms with Crippen LogP contribution in [-0.4, -0.2) is 19.9 Å². The van der Waals surface area contributed by atoms with Crippen LogP contribution in [-0.2, 0) is 10.0 Å². The molecule has 0 bridgehead atoms. The summed E-state index contributed by atoms with van der Waals surface area (Å²) in [5.74, 6) is 0. The third-order valence-electron chi connectivity index (χ3n) is 3.40. The highest BCUT2D eigenvalue weighted by Gasteiger charge is 2.19. The van der Waals surface area contributed by atoms with E-state index in [0.717, 1.165) is 5.56 Å². The Morgan fingerprint density at radius 3 is 2.43 bits per heavy atom. The first-order valence-electron chi connectivity index (χ1n) is 6.86. The fourth-order valence-electron chi connectivity index (χ4n) is 2.10. The molecule has 0 radical (unpaired) electrons. The largest absolute Gasteiger partial charge is 0.323 e. The van der Waals surface area contributed by atoms with Crippen LogP contribution in [0, 0.1) is 17.0 Å². The molecule has 23 heavy (non-hydrogen) atoms. The molecule has 0 aromatic heterocycles. The Kier molecular flexibility index (Phi) is 5.09. The van der Waals surface area contributed by atoms with Crippen LogP contribution in [0.15, 0.2) is 53.4 Å². The SMILES string of the molecule is Cc1cc(S(=O)(=O)NC[C@@H](N)c2ccccc2)ccc1[N+](=O)[O-]. The van der Waals surface area contributed by atoms with Crippen molar-refractivity contribution < 1.29 is 13.3 Å². The summed E-state index contributed by atoms with van der Waals surface area (Å²) in [7, 11) is -3.78. The van der Waals surface area contributed by atoms with Crippen molar-refractivity contribution >= 4 is 15.7 Å². The van der Waals surface area contributed by atoms with E-state index in [1.165, 1.54) is 25.1 Å². The zero-order valence-corrected chi connectivity index (χ0v) is 13.3. The molecule has 8 heteroatoms. The lowest BCUT2D eigenvalue weighted by Gasteiger charge is -2.13. The van der Waals surface area contributed by atoms with Crippen LogP contribution in [0.2, 0.25) is 0 Å². The molecule has 0 fully saturated rings. The maximum absolute atomic E-state index is 12.3. The molecular formula is C15H17N3O4S. The van der Waals surface area contributed by atoms with E-state index in [-0.39, 0.29) is 22.7 Å². The summed E-state index contributed by atoms with van der Waals surface area (Å²) in [6.07, 6.45) is 0. The van der Waals surface area contributed by atoms with Gasteiger partial charge in [0.1, 0.15) is 0 Å². The predicted molar refractivity (Wildman–Crippen MR) is 86.4 cm³/mol. The van der Waals surface area contributed by atoms with Gasteiger partial charge in [-0.1, -0.05) is 30.3 Å². The highest BCUT2D eigenvalue weighted by Crippen LogP contribution is 2.21. The van der Waals surface area contributed by atoms with Gasteiger partial charge in [0, 0.05) is 24.2 Å². The van der Waals surface area contributed by atoms with Crippen LogP contribution in [0.5, 0.6) is 0 Å². The molecule has 0 unspecified atom stereocenters. The minimum atomic E-state index is -3.78. The highest BCUT2D eigenvalue weighted by atomic mass is 32.2. The van der Waals surface area contributed by atoms with Gasteiger partial charge in [-0.2, -0.15) is 0 Å². The molecule has 2 rings (SSSR count).